The average molecular weight is 379 g/mol. The minimum atomic E-state index is -1.01. The lowest BCUT2D eigenvalue weighted by Crippen LogP contribution is -2.35. The molecule has 1 unspecified atom stereocenters. The number of nitrogens with zero attached hydrogens (tertiary/aromatic N) is 4. The van der Waals surface area contributed by atoms with Gasteiger partial charge in [-0.25, -0.2) is 0 Å². The van der Waals surface area contributed by atoms with Crippen molar-refractivity contribution in [1.82, 2.24) is 24.9 Å². The molecule has 1 saturated heterocycles. The first-order chi connectivity index (χ1) is 13.4. The summed E-state index contributed by atoms with van der Waals surface area (Å²) in [6.45, 7) is 7.25. The van der Waals surface area contributed by atoms with Crippen molar-refractivity contribution in [2.24, 2.45) is 0 Å². The second kappa shape index (κ2) is 6.91. The van der Waals surface area contributed by atoms with Crippen LogP contribution in [0.25, 0.3) is 0 Å². The highest BCUT2D eigenvalue weighted by molar-refractivity contribution is 5.92. The van der Waals surface area contributed by atoms with Crippen LogP contribution in [0.1, 0.15) is 45.1 Å². The summed E-state index contributed by atoms with van der Waals surface area (Å²) in [7, 11) is 0. The molecule has 1 aromatic carbocycles. The minimum absolute atomic E-state index is 0.166. The molecule has 3 heterocycles. The van der Waals surface area contributed by atoms with Crippen molar-refractivity contribution in [3.8, 4) is 0 Å². The molecule has 2 aromatic heterocycles. The molecule has 0 aliphatic carbocycles. The van der Waals surface area contributed by atoms with E-state index in [0.29, 0.717) is 25.2 Å². The molecule has 146 valence electrons. The van der Waals surface area contributed by atoms with Gasteiger partial charge >= 0.3 is 0 Å². The number of amides is 1. The van der Waals surface area contributed by atoms with E-state index in [0.717, 1.165) is 28.2 Å². The van der Waals surface area contributed by atoms with Crippen molar-refractivity contribution in [2.45, 2.75) is 39.3 Å². The molecule has 0 spiro atoms. The van der Waals surface area contributed by atoms with Gasteiger partial charge in [0.05, 0.1) is 24.5 Å². The summed E-state index contributed by atoms with van der Waals surface area (Å²) in [5.74, 6) is -0.166. The fraction of sp³-hybridized carbons (Fsp3) is 0.381. The average Bonchev–Trinajstić information content (AvgIpc) is 3.35. The molecule has 0 radical (unpaired) electrons. The number of carbonyl (C=O) groups excluding carboxylic acids is 1. The molecule has 1 aliphatic heterocycles. The maximum Gasteiger partial charge on any atom is 0.274 e. The van der Waals surface area contributed by atoms with Crippen molar-refractivity contribution < 1.29 is 9.90 Å². The summed E-state index contributed by atoms with van der Waals surface area (Å²) in [5.41, 5.74) is 4.12. The Labute approximate surface area is 164 Å². The van der Waals surface area contributed by atoms with E-state index in [1.54, 1.807) is 11.0 Å². The number of benzene rings is 1. The SMILES string of the molecule is Cc1cc(C)n(Cc2cc(C(=O)N3CCC(O)(c4ccccc4C)C3)n[nH]2)n1. The molecular formula is C21H25N5O2. The molecule has 1 fully saturated rings. The number of likely N-dealkylation sites (tertiary alicyclic amines) is 1. The lowest BCUT2D eigenvalue weighted by molar-refractivity contribution is 0.0410. The van der Waals surface area contributed by atoms with Crippen molar-refractivity contribution in [1.29, 1.82) is 0 Å². The van der Waals surface area contributed by atoms with E-state index in [9.17, 15) is 9.90 Å². The van der Waals surface area contributed by atoms with Crippen LogP contribution < -0.4 is 0 Å². The third-order valence-electron chi connectivity index (χ3n) is 5.45. The van der Waals surface area contributed by atoms with E-state index in [-0.39, 0.29) is 12.5 Å². The van der Waals surface area contributed by atoms with Crippen LogP contribution in [0.3, 0.4) is 0 Å². The van der Waals surface area contributed by atoms with Crippen LogP contribution in [-0.2, 0) is 12.1 Å². The number of aryl methyl sites for hydroxylation is 3. The van der Waals surface area contributed by atoms with Gasteiger partial charge in [-0.3, -0.25) is 14.6 Å². The molecule has 0 bridgehead atoms. The number of aromatic nitrogens is 4. The zero-order valence-electron chi connectivity index (χ0n) is 16.4. The monoisotopic (exact) mass is 379 g/mol. The van der Waals surface area contributed by atoms with E-state index in [4.69, 9.17) is 0 Å². The maximum absolute atomic E-state index is 12.9. The van der Waals surface area contributed by atoms with Gasteiger partial charge in [-0.2, -0.15) is 10.2 Å². The van der Waals surface area contributed by atoms with Crippen LogP contribution in [0, 0.1) is 20.8 Å². The Hall–Kier alpha value is -2.93. The number of aromatic amines is 1. The van der Waals surface area contributed by atoms with Crippen LogP contribution in [0.15, 0.2) is 36.4 Å². The second-order valence-electron chi connectivity index (χ2n) is 7.69. The van der Waals surface area contributed by atoms with E-state index in [1.807, 2.05) is 55.8 Å². The molecule has 1 atom stereocenters. The Morgan fingerprint density at radius 2 is 2.04 bits per heavy atom. The fourth-order valence-electron chi connectivity index (χ4n) is 3.99. The number of hydrogen-bond donors (Lipinski definition) is 2. The predicted octanol–water partition coefficient (Wildman–Crippen LogP) is 2.31. The van der Waals surface area contributed by atoms with Crippen LogP contribution >= 0.6 is 0 Å². The van der Waals surface area contributed by atoms with Gasteiger partial charge in [0.2, 0.25) is 0 Å². The van der Waals surface area contributed by atoms with Gasteiger partial charge < -0.3 is 10.0 Å². The summed E-state index contributed by atoms with van der Waals surface area (Å²) in [6.07, 6.45) is 0.520. The largest absolute Gasteiger partial charge is 0.383 e. The quantitative estimate of drug-likeness (QED) is 0.728. The molecule has 2 N–H and O–H groups in total. The molecule has 28 heavy (non-hydrogen) atoms. The summed E-state index contributed by atoms with van der Waals surface area (Å²) < 4.78 is 1.88. The van der Waals surface area contributed by atoms with Crippen molar-refractivity contribution in [3.63, 3.8) is 0 Å². The van der Waals surface area contributed by atoms with Gasteiger partial charge in [0.1, 0.15) is 11.3 Å². The van der Waals surface area contributed by atoms with Crippen molar-refractivity contribution in [2.75, 3.05) is 13.1 Å². The highest BCUT2D eigenvalue weighted by Gasteiger charge is 2.41. The number of rotatable bonds is 4. The van der Waals surface area contributed by atoms with Gasteiger partial charge in [-0.1, -0.05) is 24.3 Å². The summed E-state index contributed by atoms with van der Waals surface area (Å²) in [4.78, 5) is 14.6. The van der Waals surface area contributed by atoms with Crippen molar-refractivity contribution >= 4 is 5.91 Å². The standard InChI is InChI=1S/C21H25N5O2/c1-14-6-4-5-7-18(14)21(28)8-9-25(13-21)20(27)19-11-17(22-23-19)12-26-16(3)10-15(2)24-26/h4-7,10-11,28H,8-9,12-13H2,1-3H3,(H,22,23). The van der Waals surface area contributed by atoms with Crippen molar-refractivity contribution in [3.05, 3.63) is 70.3 Å². The lowest BCUT2D eigenvalue weighted by Gasteiger charge is -2.25. The van der Waals surface area contributed by atoms with Crippen LogP contribution in [-0.4, -0.2) is 49.0 Å². The maximum atomic E-state index is 12.9. The molecule has 1 amide bonds. The normalized spacial score (nSPS) is 19.4. The second-order valence-corrected chi connectivity index (χ2v) is 7.69. The van der Waals surface area contributed by atoms with Crippen LogP contribution in [0.5, 0.6) is 0 Å². The van der Waals surface area contributed by atoms with Gasteiger partial charge in [0.25, 0.3) is 5.91 Å². The zero-order chi connectivity index (χ0) is 19.9. The zero-order valence-corrected chi connectivity index (χ0v) is 16.4. The first-order valence-corrected chi connectivity index (χ1v) is 9.49. The number of H-pyrrole nitrogens is 1. The van der Waals surface area contributed by atoms with Crippen LogP contribution in [0.4, 0.5) is 0 Å². The molecule has 7 nitrogen and oxygen atoms in total. The van der Waals surface area contributed by atoms with E-state index < -0.39 is 5.60 Å². The Kier molecular flexibility index (Phi) is 4.55. The Morgan fingerprint density at radius 3 is 2.75 bits per heavy atom. The third-order valence-corrected chi connectivity index (χ3v) is 5.45. The van der Waals surface area contributed by atoms with Gasteiger partial charge in [0, 0.05) is 12.2 Å². The number of nitrogens with one attached hydrogen (secondary N) is 1. The third kappa shape index (κ3) is 3.33. The number of hydrogen-bond acceptors (Lipinski definition) is 4. The lowest BCUT2D eigenvalue weighted by atomic mass is 9.89. The summed E-state index contributed by atoms with van der Waals surface area (Å²) in [6, 6.07) is 11.6. The molecule has 3 aromatic rings. The Morgan fingerprint density at radius 1 is 1.25 bits per heavy atom. The number of aliphatic hydroxyl groups is 1. The molecule has 1 aliphatic rings. The molecular weight excluding hydrogens is 354 g/mol. The van der Waals surface area contributed by atoms with E-state index in [2.05, 4.69) is 15.3 Å². The Balaban J connectivity index is 1.48. The smallest absolute Gasteiger partial charge is 0.274 e. The Bertz CT molecular complexity index is 1020. The van der Waals surface area contributed by atoms with E-state index >= 15 is 0 Å². The molecule has 0 saturated carbocycles. The summed E-state index contributed by atoms with van der Waals surface area (Å²) in [5, 5.41) is 22.7. The highest BCUT2D eigenvalue weighted by atomic mass is 16.3. The first-order valence-electron chi connectivity index (χ1n) is 9.49. The molecule has 4 rings (SSSR count). The fourth-order valence-corrected chi connectivity index (χ4v) is 3.99. The van der Waals surface area contributed by atoms with Gasteiger partial charge in [-0.05, 0) is 50.5 Å². The predicted molar refractivity (Wildman–Crippen MR) is 105 cm³/mol. The minimum Gasteiger partial charge on any atom is -0.383 e. The first kappa shape index (κ1) is 18.4. The highest BCUT2D eigenvalue weighted by Crippen LogP contribution is 2.34. The van der Waals surface area contributed by atoms with Crippen LogP contribution in [0.2, 0.25) is 0 Å². The molecule has 7 heteroatoms. The van der Waals surface area contributed by atoms with Gasteiger partial charge in [0.15, 0.2) is 0 Å². The number of carbonyl (C=O) groups is 1. The van der Waals surface area contributed by atoms with E-state index in [1.165, 1.54) is 0 Å². The topological polar surface area (TPSA) is 87.0 Å². The number of β-amino-alcohol motifs (C(OH)–C–C–N with tert-alkyl or cyclic N) is 1. The van der Waals surface area contributed by atoms with Gasteiger partial charge in [-0.15, -0.1) is 0 Å². The summed E-state index contributed by atoms with van der Waals surface area (Å²) >= 11 is 0.